The van der Waals surface area contributed by atoms with Crippen LogP contribution in [0.1, 0.15) is 29.5 Å². The second-order valence-corrected chi connectivity index (χ2v) is 8.62. The predicted octanol–water partition coefficient (Wildman–Crippen LogP) is 7.34. The Kier molecular flexibility index (Phi) is 7.27. The summed E-state index contributed by atoms with van der Waals surface area (Å²) in [6.45, 7) is -0.993. The first kappa shape index (κ1) is 25.6. The third-order valence-corrected chi connectivity index (χ3v) is 6.32. The van der Waals surface area contributed by atoms with Crippen LogP contribution in [0.25, 0.3) is 0 Å². The summed E-state index contributed by atoms with van der Waals surface area (Å²) in [6, 6.07) is 8.03. The Hall–Kier alpha value is -1.97. The van der Waals surface area contributed by atoms with Crippen molar-refractivity contribution >= 4 is 46.5 Å². The molecular weight excluding hydrogens is 519 g/mol. The molecule has 0 saturated carbocycles. The number of ether oxygens (including phenoxy) is 1. The molecule has 0 aliphatic carbocycles. The van der Waals surface area contributed by atoms with Gasteiger partial charge in [0.25, 0.3) is 0 Å². The van der Waals surface area contributed by atoms with Crippen LogP contribution in [0.2, 0.25) is 15.1 Å². The summed E-state index contributed by atoms with van der Waals surface area (Å²) in [5.41, 5.74) is -1.59. The summed E-state index contributed by atoms with van der Waals surface area (Å²) in [6.07, 6.45) is -11.5. The van der Waals surface area contributed by atoms with Crippen molar-refractivity contribution in [3.8, 4) is 0 Å². The van der Waals surface area contributed by atoms with Gasteiger partial charge in [0.15, 0.2) is 0 Å². The normalized spacial score (nSPS) is 18.9. The number of alkyl halides is 6. The van der Waals surface area contributed by atoms with E-state index in [0.717, 1.165) is 12.1 Å². The molecule has 3 nitrogen and oxygen atoms in total. The number of carbonyl (C=O) groups excluding carboxylic acids is 1. The first-order chi connectivity index (χ1) is 15.2. The molecule has 0 fully saturated rings. The first-order valence-corrected chi connectivity index (χ1v) is 10.4. The summed E-state index contributed by atoms with van der Waals surface area (Å²) in [5.74, 6) is -1.43. The lowest BCUT2D eigenvalue weighted by Crippen LogP contribution is -2.43. The largest absolute Gasteiger partial charge is 0.461 e. The zero-order chi connectivity index (χ0) is 24.6. The smallest absolute Gasteiger partial charge is 0.400 e. The second kappa shape index (κ2) is 9.35. The van der Waals surface area contributed by atoms with Crippen molar-refractivity contribution < 1.29 is 35.9 Å². The number of halogens is 9. The Morgan fingerprint density at radius 3 is 2.09 bits per heavy atom. The third-order valence-electron chi connectivity index (χ3n) is 5.12. The maximum Gasteiger partial charge on any atom is 0.400 e. The summed E-state index contributed by atoms with van der Waals surface area (Å²) in [5, 5.41) is -0.272. The SMILES string of the molecule is O=C(CC(F)(F)F)OCc1ccc(C2=NCC(c3cc(Cl)c(Cl)c(Cl)c3)(C(F)(F)F)C2)cc1. The van der Waals surface area contributed by atoms with Crippen molar-refractivity contribution in [2.45, 2.75) is 37.2 Å². The van der Waals surface area contributed by atoms with Gasteiger partial charge in [-0.1, -0.05) is 59.1 Å². The summed E-state index contributed by atoms with van der Waals surface area (Å²) < 4.78 is 83.7. The lowest BCUT2D eigenvalue weighted by atomic mass is 9.76. The van der Waals surface area contributed by atoms with Gasteiger partial charge in [0.1, 0.15) is 18.4 Å². The molecule has 1 heterocycles. The number of benzene rings is 2. The van der Waals surface area contributed by atoms with Crippen LogP contribution < -0.4 is 0 Å². The van der Waals surface area contributed by atoms with Crippen molar-refractivity contribution in [3.05, 3.63) is 68.2 Å². The lowest BCUT2D eigenvalue weighted by Gasteiger charge is -2.32. The monoisotopic (exact) mass is 531 g/mol. The van der Waals surface area contributed by atoms with Crippen LogP contribution in [0.5, 0.6) is 0 Å². The van der Waals surface area contributed by atoms with E-state index in [-0.39, 0.29) is 26.3 Å². The molecule has 0 bridgehead atoms. The number of hydrogen-bond donors (Lipinski definition) is 0. The fraction of sp³-hybridized carbons (Fsp3) is 0.333. The molecule has 1 aliphatic rings. The van der Waals surface area contributed by atoms with Crippen LogP contribution in [0.4, 0.5) is 26.3 Å². The van der Waals surface area contributed by atoms with Gasteiger partial charge in [-0.25, -0.2) is 0 Å². The second-order valence-electron chi connectivity index (χ2n) is 7.42. The highest BCUT2D eigenvalue weighted by atomic mass is 35.5. The van der Waals surface area contributed by atoms with Crippen LogP contribution >= 0.6 is 34.8 Å². The van der Waals surface area contributed by atoms with Gasteiger partial charge in [-0.2, -0.15) is 26.3 Å². The van der Waals surface area contributed by atoms with Crippen molar-refractivity contribution in [2.24, 2.45) is 4.99 Å². The van der Waals surface area contributed by atoms with Gasteiger partial charge in [-0.15, -0.1) is 0 Å². The molecule has 0 N–H and O–H groups in total. The highest BCUT2D eigenvalue weighted by Crippen LogP contribution is 2.49. The molecule has 2 aromatic rings. The average molecular weight is 533 g/mol. The van der Waals surface area contributed by atoms with E-state index in [4.69, 9.17) is 34.8 Å². The fourth-order valence-corrected chi connectivity index (χ4v) is 3.97. The van der Waals surface area contributed by atoms with Crippen LogP contribution in [0.3, 0.4) is 0 Å². The van der Waals surface area contributed by atoms with E-state index in [1.807, 2.05) is 0 Å². The van der Waals surface area contributed by atoms with E-state index >= 15 is 0 Å². The van der Waals surface area contributed by atoms with Crippen molar-refractivity contribution in [2.75, 3.05) is 6.54 Å². The van der Waals surface area contributed by atoms with Gasteiger partial charge in [-0.3, -0.25) is 9.79 Å². The number of aliphatic imine (C=N–C) groups is 1. The van der Waals surface area contributed by atoms with Gasteiger partial charge in [-0.05, 0) is 28.8 Å². The number of hydrogen-bond acceptors (Lipinski definition) is 3. The van der Waals surface area contributed by atoms with E-state index in [2.05, 4.69) is 9.73 Å². The van der Waals surface area contributed by atoms with E-state index in [1.165, 1.54) is 24.3 Å². The summed E-state index contributed by atoms with van der Waals surface area (Å²) in [4.78, 5) is 15.3. The fourth-order valence-electron chi connectivity index (χ4n) is 3.37. The Labute approximate surface area is 199 Å². The summed E-state index contributed by atoms with van der Waals surface area (Å²) in [7, 11) is 0. The van der Waals surface area contributed by atoms with Crippen LogP contribution in [0, 0.1) is 0 Å². The molecule has 1 aliphatic heterocycles. The molecule has 0 aromatic heterocycles. The van der Waals surface area contributed by atoms with E-state index in [1.54, 1.807) is 0 Å². The van der Waals surface area contributed by atoms with Crippen molar-refractivity contribution in [3.63, 3.8) is 0 Å². The number of carbonyl (C=O) groups is 1. The maximum atomic E-state index is 14.2. The zero-order valence-electron chi connectivity index (χ0n) is 16.5. The van der Waals surface area contributed by atoms with Crippen molar-refractivity contribution in [1.82, 2.24) is 0 Å². The van der Waals surface area contributed by atoms with Crippen LogP contribution in [-0.2, 0) is 21.6 Å². The quantitative estimate of drug-likeness (QED) is 0.230. The Bertz CT molecular complexity index is 1060. The molecule has 33 heavy (non-hydrogen) atoms. The molecule has 1 atom stereocenters. The minimum atomic E-state index is -4.68. The molecule has 0 spiro atoms. The van der Waals surface area contributed by atoms with Gasteiger partial charge >= 0.3 is 18.3 Å². The molecule has 2 aromatic carbocycles. The van der Waals surface area contributed by atoms with Crippen LogP contribution in [-0.4, -0.2) is 30.6 Å². The van der Waals surface area contributed by atoms with Gasteiger partial charge in [0.2, 0.25) is 0 Å². The summed E-state index contributed by atoms with van der Waals surface area (Å²) >= 11 is 17.8. The molecule has 0 radical (unpaired) electrons. The van der Waals surface area contributed by atoms with Gasteiger partial charge in [0.05, 0.1) is 21.6 Å². The topological polar surface area (TPSA) is 38.7 Å². The standard InChI is InChI=1S/C21H14Cl3F6NO2/c22-14-5-13(6-15(23)18(14)24)19(21(28,29)30)7-16(31-10-19)12-3-1-11(2-4-12)9-33-17(32)8-20(25,26)27/h1-6H,7-10H2. The molecular formula is C21H14Cl3F6NO2. The number of rotatable bonds is 5. The highest BCUT2D eigenvalue weighted by Gasteiger charge is 2.58. The van der Waals surface area contributed by atoms with Gasteiger partial charge < -0.3 is 4.74 Å². The molecule has 0 saturated heterocycles. The Balaban J connectivity index is 1.77. The number of nitrogens with zero attached hydrogens (tertiary/aromatic N) is 1. The Morgan fingerprint density at radius 1 is 1.00 bits per heavy atom. The molecule has 1 unspecified atom stereocenters. The van der Waals surface area contributed by atoms with E-state index in [0.29, 0.717) is 11.1 Å². The average Bonchev–Trinajstić information content (AvgIpc) is 3.16. The van der Waals surface area contributed by atoms with Crippen LogP contribution in [0.15, 0.2) is 41.4 Å². The zero-order valence-corrected chi connectivity index (χ0v) is 18.7. The van der Waals surface area contributed by atoms with E-state index < -0.39 is 49.7 Å². The first-order valence-electron chi connectivity index (χ1n) is 9.28. The highest BCUT2D eigenvalue weighted by molar-refractivity contribution is 6.48. The van der Waals surface area contributed by atoms with Gasteiger partial charge in [0, 0.05) is 12.1 Å². The third kappa shape index (κ3) is 5.75. The minimum Gasteiger partial charge on any atom is -0.461 e. The Morgan fingerprint density at radius 2 is 1.58 bits per heavy atom. The maximum absolute atomic E-state index is 14.2. The molecule has 3 rings (SSSR count). The van der Waals surface area contributed by atoms with E-state index in [9.17, 15) is 31.1 Å². The molecule has 0 amide bonds. The number of esters is 1. The lowest BCUT2D eigenvalue weighted by molar-refractivity contribution is -0.184. The van der Waals surface area contributed by atoms with Crippen molar-refractivity contribution in [1.29, 1.82) is 0 Å². The minimum absolute atomic E-state index is 0.0509. The predicted molar refractivity (Wildman–Crippen MR) is 112 cm³/mol. The molecule has 12 heteroatoms. The molecule has 178 valence electrons.